The number of para-hydroxylation sites is 2. The number of rotatable bonds is 7. The highest BCUT2D eigenvalue weighted by Crippen LogP contribution is 2.29. The number of morpholine rings is 1. The number of fused-ring (bicyclic) bond motifs is 1. The van der Waals surface area contributed by atoms with E-state index in [-0.39, 0.29) is 18.1 Å². The number of anilines is 1. The van der Waals surface area contributed by atoms with Gasteiger partial charge in [-0.25, -0.2) is 9.97 Å². The maximum absolute atomic E-state index is 12.8. The van der Waals surface area contributed by atoms with Crippen molar-refractivity contribution < 1.29 is 9.53 Å². The van der Waals surface area contributed by atoms with Crippen LogP contribution in [0.2, 0.25) is 0 Å². The highest BCUT2D eigenvalue weighted by Gasteiger charge is 2.31. The molecule has 1 saturated heterocycles. The quantitative estimate of drug-likeness (QED) is 0.724. The van der Waals surface area contributed by atoms with Crippen molar-refractivity contribution in [2.24, 2.45) is 0 Å². The fourth-order valence-corrected chi connectivity index (χ4v) is 3.71. The number of carbonyl (C=O) groups excluding carboxylic acids is 1. The number of amides is 1. The van der Waals surface area contributed by atoms with Gasteiger partial charge in [-0.2, -0.15) is 5.26 Å². The van der Waals surface area contributed by atoms with Gasteiger partial charge in [0.1, 0.15) is 5.69 Å². The minimum Gasteiger partial charge on any atom is -0.372 e. The largest absolute Gasteiger partial charge is 0.372 e. The molecular weight excluding hydrogens is 366 g/mol. The van der Waals surface area contributed by atoms with Crippen molar-refractivity contribution in [3.05, 3.63) is 30.0 Å². The smallest absolute Gasteiger partial charge is 0.243 e. The monoisotopic (exact) mass is 395 g/mol. The molecule has 3 rings (SSSR count). The van der Waals surface area contributed by atoms with E-state index in [2.05, 4.69) is 23.2 Å². The fraction of sp³-hybridized carbons (Fsp3) is 0.545. The van der Waals surface area contributed by atoms with E-state index >= 15 is 0 Å². The van der Waals surface area contributed by atoms with Crippen LogP contribution in [0.3, 0.4) is 0 Å². The summed E-state index contributed by atoms with van der Waals surface area (Å²) in [6.45, 7) is 7.98. The van der Waals surface area contributed by atoms with Gasteiger partial charge in [-0.05, 0) is 32.4 Å². The molecule has 0 radical (unpaired) electrons. The van der Waals surface area contributed by atoms with Crippen LogP contribution in [0.4, 0.5) is 5.82 Å². The zero-order valence-corrected chi connectivity index (χ0v) is 17.4. The van der Waals surface area contributed by atoms with Crippen LogP contribution in [0.1, 0.15) is 51.6 Å². The number of hydrogen-bond donors (Lipinski definition) is 1. The van der Waals surface area contributed by atoms with Crippen molar-refractivity contribution in [2.45, 2.75) is 58.2 Å². The summed E-state index contributed by atoms with van der Waals surface area (Å²) < 4.78 is 5.84. The second-order valence-corrected chi connectivity index (χ2v) is 7.64. The lowest BCUT2D eigenvalue weighted by atomic mass is 10.0. The number of benzene rings is 1. The molecular formula is C22H29N5O2. The van der Waals surface area contributed by atoms with Gasteiger partial charge in [0.15, 0.2) is 11.7 Å². The molecule has 1 aromatic heterocycles. The van der Waals surface area contributed by atoms with Crippen LogP contribution in [0.15, 0.2) is 24.3 Å². The number of nitriles is 1. The number of nitrogens with one attached hydrogen (secondary N) is 1. The fourth-order valence-electron chi connectivity index (χ4n) is 3.71. The average Bonchev–Trinajstić information content (AvgIpc) is 2.70. The molecule has 3 atom stereocenters. The summed E-state index contributed by atoms with van der Waals surface area (Å²) in [5.41, 5.74) is 1.85. The molecule has 2 heterocycles. The van der Waals surface area contributed by atoms with E-state index in [1.165, 1.54) is 0 Å². The van der Waals surface area contributed by atoms with Gasteiger partial charge in [0, 0.05) is 19.6 Å². The Morgan fingerprint density at radius 1 is 1.24 bits per heavy atom. The first-order valence-corrected chi connectivity index (χ1v) is 10.4. The molecule has 1 amide bonds. The molecule has 0 bridgehead atoms. The van der Waals surface area contributed by atoms with Gasteiger partial charge in [0.05, 0.1) is 29.3 Å². The SMILES string of the molecule is CCCCCNC(=O)[C@@H](C#N)c1nc2ccccc2nc1N1C[C@H](C)O[C@@H](C)C1. The van der Waals surface area contributed by atoms with Crippen molar-refractivity contribution >= 4 is 22.8 Å². The van der Waals surface area contributed by atoms with Crippen molar-refractivity contribution in [3.8, 4) is 6.07 Å². The number of carbonyl (C=O) groups is 1. The van der Waals surface area contributed by atoms with E-state index in [9.17, 15) is 10.1 Å². The Morgan fingerprint density at radius 2 is 1.90 bits per heavy atom. The van der Waals surface area contributed by atoms with Crippen LogP contribution in [-0.2, 0) is 9.53 Å². The van der Waals surface area contributed by atoms with Crippen molar-refractivity contribution in [2.75, 3.05) is 24.5 Å². The van der Waals surface area contributed by atoms with Crippen LogP contribution < -0.4 is 10.2 Å². The number of nitrogens with zero attached hydrogens (tertiary/aromatic N) is 4. The van der Waals surface area contributed by atoms with E-state index in [4.69, 9.17) is 14.7 Å². The topological polar surface area (TPSA) is 91.1 Å². The minimum absolute atomic E-state index is 0.0308. The van der Waals surface area contributed by atoms with Gasteiger partial charge in [-0.3, -0.25) is 4.79 Å². The van der Waals surface area contributed by atoms with E-state index in [1.54, 1.807) is 0 Å². The van der Waals surface area contributed by atoms with Crippen molar-refractivity contribution in [3.63, 3.8) is 0 Å². The maximum atomic E-state index is 12.8. The number of unbranched alkanes of at least 4 members (excludes halogenated alkanes) is 2. The lowest BCUT2D eigenvalue weighted by molar-refractivity contribution is -0.121. The zero-order valence-electron chi connectivity index (χ0n) is 17.4. The number of aromatic nitrogens is 2. The van der Waals surface area contributed by atoms with Gasteiger partial charge in [-0.1, -0.05) is 31.9 Å². The summed E-state index contributed by atoms with van der Waals surface area (Å²) >= 11 is 0. The molecule has 0 spiro atoms. The van der Waals surface area contributed by atoms with E-state index in [0.717, 1.165) is 24.8 Å². The standard InChI is InChI=1S/C22H29N5O2/c1-4-5-8-11-24-22(28)17(12-23)20-21(27-13-15(2)29-16(3)14-27)26-19-10-7-6-9-18(19)25-20/h6-7,9-10,15-17H,4-5,8,11,13-14H2,1-3H3,(H,24,28)/t15-,16-,17-/m0/s1. The molecule has 0 saturated carbocycles. The lowest BCUT2D eigenvalue weighted by Gasteiger charge is -2.37. The first-order valence-electron chi connectivity index (χ1n) is 10.4. The predicted molar refractivity (Wildman–Crippen MR) is 113 cm³/mol. The summed E-state index contributed by atoms with van der Waals surface area (Å²) in [5, 5.41) is 12.7. The second kappa shape index (κ2) is 9.66. The van der Waals surface area contributed by atoms with Crippen molar-refractivity contribution in [1.29, 1.82) is 5.26 Å². The third kappa shape index (κ3) is 5.01. The van der Waals surface area contributed by atoms with Crippen molar-refractivity contribution in [1.82, 2.24) is 15.3 Å². The first kappa shape index (κ1) is 21.0. The van der Waals surface area contributed by atoms with E-state index < -0.39 is 5.92 Å². The molecule has 7 heteroatoms. The molecule has 7 nitrogen and oxygen atoms in total. The molecule has 1 fully saturated rings. The molecule has 2 aromatic rings. The summed E-state index contributed by atoms with van der Waals surface area (Å²) in [6.07, 6.45) is 3.08. The lowest BCUT2D eigenvalue weighted by Crippen LogP contribution is -2.46. The molecule has 1 aromatic carbocycles. The Hall–Kier alpha value is -2.72. The summed E-state index contributed by atoms with van der Waals surface area (Å²) in [6, 6.07) is 9.70. The Bertz CT molecular complexity index is 884. The van der Waals surface area contributed by atoms with Crippen LogP contribution in [-0.4, -0.2) is 47.7 Å². The molecule has 29 heavy (non-hydrogen) atoms. The van der Waals surface area contributed by atoms with E-state index in [1.807, 2.05) is 38.1 Å². The third-order valence-electron chi connectivity index (χ3n) is 5.04. The van der Waals surface area contributed by atoms with Gasteiger partial charge in [-0.15, -0.1) is 0 Å². The molecule has 0 aliphatic carbocycles. The third-order valence-corrected chi connectivity index (χ3v) is 5.04. The molecule has 1 aliphatic rings. The zero-order chi connectivity index (χ0) is 20.8. The van der Waals surface area contributed by atoms with Gasteiger partial charge >= 0.3 is 0 Å². The van der Waals surface area contributed by atoms with Crippen LogP contribution in [0, 0.1) is 11.3 Å². The van der Waals surface area contributed by atoms with Crippen LogP contribution >= 0.6 is 0 Å². The second-order valence-electron chi connectivity index (χ2n) is 7.64. The van der Waals surface area contributed by atoms with Gasteiger partial charge in [0.25, 0.3) is 0 Å². The molecule has 1 aliphatic heterocycles. The predicted octanol–water partition coefficient (Wildman–Crippen LogP) is 3.16. The van der Waals surface area contributed by atoms with E-state index in [0.29, 0.717) is 36.7 Å². The molecule has 154 valence electrons. The Balaban J connectivity index is 1.97. The van der Waals surface area contributed by atoms with Gasteiger partial charge < -0.3 is 15.0 Å². The Labute approximate surface area is 172 Å². The Kier molecular flexibility index (Phi) is 6.99. The highest BCUT2D eigenvalue weighted by molar-refractivity contribution is 5.88. The van der Waals surface area contributed by atoms with Crippen LogP contribution in [0.25, 0.3) is 11.0 Å². The maximum Gasteiger partial charge on any atom is 0.243 e. The summed E-state index contributed by atoms with van der Waals surface area (Å²) in [7, 11) is 0. The summed E-state index contributed by atoms with van der Waals surface area (Å²) in [5.74, 6) is -0.720. The minimum atomic E-state index is -1.00. The molecule has 0 unspecified atom stereocenters. The average molecular weight is 396 g/mol. The normalized spacial score (nSPS) is 20.3. The number of ether oxygens (including phenoxy) is 1. The van der Waals surface area contributed by atoms with Crippen LogP contribution in [0.5, 0.6) is 0 Å². The van der Waals surface area contributed by atoms with Gasteiger partial charge in [0.2, 0.25) is 5.91 Å². The number of hydrogen-bond acceptors (Lipinski definition) is 6. The first-order chi connectivity index (χ1) is 14.0. The summed E-state index contributed by atoms with van der Waals surface area (Å²) in [4.78, 5) is 24.4. The Morgan fingerprint density at radius 3 is 2.52 bits per heavy atom. The molecule has 1 N–H and O–H groups in total. The highest BCUT2D eigenvalue weighted by atomic mass is 16.5.